The highest BCUT2D eigenvalue weighted by molar-refractivity contribution is 5.83. The molecule has 6 heteroatoms. The number of nitrogens with zero attached hydrogens (tertiary/aromatic N) is 3. The van der Waals surface area contributed by atoms with Crippen LogP contribution in [-0.4, -0.2) is 25.3 Å². The van der Waals surface area contributed by atoms with Crippen LogP contribution in [0.5, 0.6) is 0 Å². The lowest BCUT2D eigenvalue weighted by molar-refractivity contribution is -0.122. The van der Waals surface area contributed by atoms with Crippen LogP contribution in [0, 0.1) is 0 Å². The van der Waals surface area contributed by atoms with Crippen molar-refractivity contribution in [2.45, 2.75) is 38.6 Å². The molecule has 4 rings (SSSR count). The zero-order chi connectivity index (χ0) is 18.6. The van der Waals surface area contributed by atoms with Crippen molar-refractivity contribution in [1.82, 2.24) is 24.7 Å². The lowest BCUT2D eigenvalue weighted by Gasteiger charge is -2.14. The predicted molar refractivity (Wildman–Crippen MR) is 105 cm³/mol. The molecule has 4 aromatic rings. The predicted octanol–water partition coefficient (Wildman–Crippen LogP) is 3.80. The number of nitrogens with one attached hydrogen (secondary N) is 2. The molecular formula is C21H23N5O. The van der Waals surface area contributed by atoms with E-state index >= 15 is 0 Å². The molecule has 138 valence electrons. The van der Waals surface area contributed by atoms with Crippen LogP contribution < -0.4 is 5.32 Å². The van der Waals surface area contributed by atoms with Crippen LogP contribution in [0.3, 0.4) is 0 Å². The van der Waals surface area contributed by atoms with Gasteiger partial charge in [0, 0.05) is 42.1 Å². The van der Waals surface area contributed by atoms with Crippen molar-refractivity contribution in [2.24, 2.45) is 0 Å². The summed E-state index contributed by atoms with van der Waals surface area (Å²) >= 11 is 0. The third kappa shape index (κ3) is 3.69. The number of rotatable bonds is 7. The molecule has 0 bridgehead atoms. The number of aromatic nitrogens is 4. The summed E-state index contributed by atoms with van der Waals surface area (Å²) in [5.74, 6) is 0.714. The number of fused-ring (bicyclic) bond motifs is 2. The largest absolute Gasteiger partial charge is 0.361 e. The first kappa shape index (κ1) is 17.3. The van der Waals surface area contributed by atoms with Crippen molar-refractivity contribution >= 4 is 22.6 Å². The molecule has 0 aliphatic carbocycles. The number of H-pyrrole nitrogens is 1. The van der Waals surface area contributed by atoms with Crippen molar-refractivity contribution < 1.29 is 4.79 Å². The molecule has 1 aromatic carbocycles. The highest BCUT2D eigenvalue weighted by Crippen LogP contribution is 2.20. The number of carbonyl (C=O) groups is 1. The molecule has 2 N–H and O–H groups in total. The monoisotopic (exact) mass is 361 g/mol. The second kappa shape index (κ2) is 7.61. The molecule has 3 heterocycles. The first-order valence-electron chi connectivity index (χ1n) is 9.38. The molecule has 1 atom stereocenters. The number of imidazole rings is 1. The summed E-state index contributed by atoms with van der Waals surface area (Å²) in [6.45, 7) is 2.05. The van der Waals surface area contributed by atoms with E-state index in [-0.39, 0.29) is 11.9 Å². The van der Waals surface area contributed by atoms with Crippen molar-refractivity contribution in [3.05, 3.63) is 66.4 Å². The summed E-state index contributed by atoms with van der Waals surface area (Å²) in [6, 6.07) is 10.0. The average molecular weight is 361 g/mol. The molecule has 0 unspecified atom stereocenters. The summed E-state index contributed by atoms with van der Waals surface area (Å²) in [7, 11) is 0. The molecule has 3 aromatic heterocycles. The fourth-order valence-corrected chi connectivity index (χ4v) is 3.45. The Balaban J connectivity index is 1.35. The average Bonchev–Trinajstić information content (AvgIpc) is 3.30. The highest BCUT2D eigenvalue weighted by atomic mass is 16.1. The Morgan fingerprint density at radius 3 is 3.04 bits per heavy atom. The molecule has 27 heavy (non-hydrogen) atoms. The molecule has 0 aliphatic rings. The highest BCUT2D eigenvalue weighted by Gasteiger charge is 2.16. The van der Waals surface area contributed by atoms with Crippen LogP contribution in [0.15, 0.2) is 55.1 Å². The van der Waals surface area contributed by atoms with Crippen molar-refractivity contribution in [1.29, 1.82) is 0 Å². The molecule has 0 radical (unpaired) electrons. The van der Waals surface area contributed by atoms with E-state index in [1.165, 1.54) is 10.9 Å². The first-order chi connectivity index (χ1) is 13.2. The number of aryl methyl sites for hydroxylation is 1. The Kier molecular flexibility index (Phi) is 4.87. The number of carbonyl (C=O) groups excluding carboxylic acids is 1. The molecular weight excluding hydrogens is 338 g/mol. The molecule has 0 saturated carbocycles. The van der Waals surface area contributed by atoms with Gasteiger partial charge in [-0.2, -0.15) is 0 Å². The zero-order valence-electron chi connectivity index (χ0n) is 15.4. The maximum absolute atomic E-state index is 12.4. The Bertz CT molecular complexity index is 1030. The molecule has 6 nitrogen and oxygen atoms in total. The minimum absolute atomic E-state index is 0.0618. The summed E-state index contributed by atoms with van der Waals surface area (Å²) in [5, 5.41) is 4.35. The minimum atomic E-state index is -0.0905. The Morgan fingerprint density at radius 1 is 1.30 bits per heavy atom. The second-order valence-electron chi connectivity index (χ2n) is 6.73. The quantitative estimate of drug-likeness (QED) is 0.526. The van der Waals surface area contributed by atoms with Gasteiger partial charge in [0.1, 0.15) is 0 Å². The summed E-state index contributed by atoms with van der Waals surface area (Å²) in [4.78, 5) is 24.5. The third-order valence-electron chi connectivity index (χ3n) is 4.88. The molecule has 0 fully saturated rings. The van der Waals surface area contributed by atoms with Gasteiger partial charge in [-0.15, -0.1) is 0 Å². The maximum Gasteiger partial charge on any atom is 0.233 e. The number of aromatic amines is 1. The SMILES string of the molecule is CC[C@H](NC(=O)CCCc1c[nH]c2ccccc12)c1cn2cccnc2n1. The second-order valence-corrected chi connectivity index (χ2v) is 6.73. The number of hydrogen-bond acceptors (Lipinski definition) is 3. The van der Waals surface area contributed by atoms with Gasteiger partial charge >= 0.3 is 0 Å². The van der Waals surface area contributed by atoms with E-state index in [4.69, 9.17) is 0 Å². The van der Waals surface area contributed by atoms with E-state index in [1.54, 1.807) is 6.20 Å². The van der Waals surface area contributed by atoms with Crippen LogP contribution >= 0.6 is 0 Å². The lowest BCUT2D eigenvalue weighted by Crippen LogP contribution is -2.28. The van der Waals surface area contributed by atoms with Gasteiger partial charge in [-0.05, 0) is 37.0 Å². The molecule has 0 spiro atoms. The van der Waals surface area contributed by atoms with Gasteiger partial charge < -0.3 is 10.3 Å². The maximum atomic E-state index is 12.4. The van der Waals surface area contributed by atoms with Crippen molar-refractivity contribution in [3.63, 3.8) is 0 Å². The van der Waals surface area contributed by atoms with Crippen molar-refractivity contribution in [2.75, 3.05) is 0 Å². The van der Waals surface area contributed by atoms with Crippen LogP contribution in [0.1, 0.15) is 43.5 Å². The van der Waals surface area contributed by atoms with Crippen LogP contribution in [0.2, 0.25) is 0 Å². The minimum Gasteiger partial charge on any atom is -0.361 e. The first-order valence-corrected chi connectivity index (χ1v) is 9.38. The standard InChI is InChI=1S/C21H23N5O/c1-2-17(19-14-26-12-6-11-22-21(26)25-19)24-20(27)10-5-7-15-13-23-18-9-4-3-8-16(15)18/h3-4,6,8-9,11-14,17,23H,2,5,7,10H2,1H3,(H,24,27)/t17-/m0/s1. The molecule has 0 aliphatic heterocycles. The smallest absolute Gasteiger partial charge is 0.233 e. The fraction of sp³-hybridized carbons (Fsp3) is 0.286. The van der Waals surface area contributed by atoms with E-state index in [2.05, 4.69) is 32.4 Å². The Labute approximate surface area is 157 Å². The summed E-state index contributed by atoms with van der Waals surface area (Å²) < 4.78 is 1.88. The molecule has 1 amide bonds. The normalized spacial score (nSPS) is 12.5. The number of benzene rings is 1. The summed E-state index contributed by atoms with van der Waals surface area (Å²) in [5.41, 5.74) is 3.25. The van der Waals surface area contributed by atoms with Gasteiger partial charge in [-0.1, -0.05) is 25.1 Å². The topological polar surface area (TPSA) is 75.1 Å². The van der Waals surface area contributed by atoms with E-state index < -0.39 is 0 Å². The van der Waals surface area contributed by atoms with Crippen LogP contribution in [0.4, 0.5) is 0 Å². The lowest BCUT2D eigenvalue weighted by atomic mass is 10.1. The summed E-state index contributed by atoms with van der Waals surface area (Å²) in [6.07, 6.45) is 10.6. The number of amides is 1. The van der Waals surface area contributed by atoms with Crippen LogP contribution in [0.25, 0.3) is 16.7 Å². The number of hydrogen-bond donors (Lipinski definition) is 2. The van der Waals surface area contributed by atoms with E-state index in [0.29, 0.717) is 12.2 Å². The van der Waals surface area contributed by atoms with E-state index in [9.17, 15) is 4.79 Å². The van der Waals surface area contributed by atoms with Gasteiger partial charge in [0.05, 0.1) is 11.7 Å². The van der Waals surface area contributed by atoms with Gasteiger partial charge in [-0.3, -0.25) is 9.20 Å². The van der Waals surface area contributed by atoms with Crippen molar-refractivity contribution in [3.8, 4) is 0 Å². The van der Waals surface area contributed by atoms with Gasteiger partial charge in [-0.25, -0.2) is 9.97 Å². The zero-order valence-corrected chi connectivity index (χ0v) is 15.4. The Hall–Kier alpha value is -3.15. The van der Waals surface area contributed by atoms with Gasteiger partial charge in [0.15, 0.2) is 0 Å². The van der Waals surface area contributed by atoms with Crippen LogP contribution in [-0.2, 0) is 11.2 Å². The Morgan fingerprint density at radius 2 is 2.19 bits per heavy atom. The number of para-hydroxylation sites is 1. The molecule has 0 saturated heterocycles. The third-order valence-corrected chi connectivity index (χ3v) is 4.88. The fourth-order valence-electron chi connectivity index (χ4n) is 3.45. The van der Waals surface area contributed by atoms with E-state index in [1.807, 2.05) is 48.1 Å². The van der Waals surface area contributed by atoms with E-state index in [0.717, 1.165) is 30.5 Å². The van der Waals surface area contributed by atoms with Gasteiger partial charge in [0.2, 0.25) is 11.7 Å². The van der Waals surface area contributed by atoms with Gasteiger partial charge in [0.25, 0.3) is 0 Å².